The number of rotatable bonds is 8. The van der Waals surface area contributed by atoms with Gasteiger partial charge in [0.15, 0.2) is 0 Å². The highest BCUT2D eigenvalue weighted by Crippen LogP contribution is 2.32. The predicted octanol–water partition coefficient (Wildman–Crippen LogP) is 6.03. The summed E-state index contributed by atoms with van der Waals surface area (Å²) in [6.07, 6.45) is 9.01. The summed E-state index contributed by atoms with van der Waals surface area (Å²) in [6.45, 7) is 4.39. The van der Waals surface area contributed by atoms with E-state index in [-0.39, 0.29) is 18.0 Å². The summed E-state index contributed by atoms with van der Waals surface area (Å²) in [6, 6.07) is 16.0. The number of benzene rings is 2. The van der Waals surface area contributed by atoms with Gasteiger partial charge in [0.2, 0.25) is 5.95 Å². The number of nitrogens with one attached hydrogen (secondary N) is 4. The largest absolute Gasteiger partial charge is 0.382 e. The highest BCUT2D eigenvalue weighted by Gasteiger charge is 2.24. The minimum atomic E-state index is -0.0360. The van der Waals surface area contributed by atoms with Crippen molar-refractivity contribution in [3.05, 3.63) is 84.2 Å². The van der Waals surface area contributed by atoms with Crippen LogP contribution in [0.15, 0.2) is 73.6 Å². The van der Waals surface area contributed by atoms with E-state index in [1.807, 2.05) is 48.7 Å². The number of fused-ring (bicyclic) bond motifs is 1. The highest BCUT2D eigenvalue weighted by atomic mass is 35.5. The Morgan fingerprint density at radius 2 is 1.83 bits per heavy atom. The van der Waals surface area contributed by atoms with Crippen molar-refractivity contribution in [2.45, 2.75) is 37.8 Å². The van der Waals surface area contributed by atoms with Crippen LogP contribution in [0.5, 0.6) is 0 Å². The number of hydrogen-bond donors (Lipinski definition) is 4. The number of carbonyl (C=O) groups is 1. The summed E-state index contributed by atoms with van der Waals surface area (Å²) in [7, 11) is 0. The molecule has 1 aliphatic carbocycles. The summed E-state index contributed by atoms with van der Waals surface area (Å²) in [5.74, 6) is 0.531. The molecule has 0 atom stereocenters. The molecule has 2 aromatic heterocycles. The minimum Gasteiger partial charge on any atom is -0.382 e. The maximum absolute atomic E-state index is 12.7. The second kappa shape index (κ2) is 10.8. The van der Waals surface area contributed by atoms with Crippen molar-refractivity contribution in [2.24, 2.45) is 0 Å². The highest BCUT2D eigenvalue weighted by molar-refractivity contribution is 6.33. The van der Waals surface area contributed by atoms with Gasteiger partial charge in [-0.1, -0.05) is 35.9 Å². The van der Waals surface area contributed by atoms with Gasteiger partial charge in [0.1, 0.15) is 0 Å². The van der Waals surface area contributed by atoms with Crippen LogP contribution in [0.25, 0.3) is 22.2 Å². The van der Waals surface area contributed by atoms with E-state index in [4.69, 9.17) is 16.6 Å². The van der Waals surface area contributed by atoms with Crippen molar-refractivity contribution >= 4 is 40.0 Å². The zero-order valence-corrected chi connectivity index (χ0v) is 20.7. The molecule has 4 aromatic rings. The number of nitrogens with zero attached hydrogens (tertiary/aromatic N) is 2. The molecule has 1 amide bonds. The van der Waals surface area contributed by atoms with E-state index in [0.29, 0.717) is 28.8 Å². The average Bonchev–Trinajstić information content (AvgIpc) is 3.34. The van der Waals surface area contributed by atoms with Crippen molar-refractivity contribution in [2.75, 3.05) is 17.2 Å². The number of aromatic nitrogens is 3. The van der Waals surface area contributed by atoms with Crippen molar-refractivity contribution in [1.82, 2.24) is 20.3 Å². The van der Waals surface area contributed by atoms with E-state index in [1.54, 1.807) is 12.3 Å². The smallest absolute Gasteiger partial charge is 0.251 e. The first kappa shape index (κ1) is 23.9. The lowest BCUT2D eigenvalue weighted by atomic mass is 9.91. The summed E-state index contributed by atoms with van der Waals surface area (Å²) in [5.41, 5.74) is 4.33. The number of amides is 1. The number of halogens is 1. The van der Waals surface area contributed by atoms with E-state index in [2.05, 4.69) is 38.6 Å². The minimum absolute atomic E-state index is 0.0360. The van der Waals surface area contributed by atoms with Gasteiger partial charge in [0, 0.05) is 52.5 Å². The number of hydrogen-bond acceptors (Lipinski definition) is 5. The van der Waals surface area contributed by atoms with Crippen LogP contribution in [0.1, 0.15) is 36.0 Å². The molecule has 0 unspecified atom stereocenters. The fraction of sp³-hybridized carbons (Fsp3) is 0.250. The second-order valence-electron chi connectivity index (χ2n) is 9.05. The maximum atomic E-state index is 12.7. The zero-order chi connectivity index (χ0) is 24.9. The number of carbonyl (C=O) groups excluding carboxylic acids is 1. The Hall–Kier alpha value is -3.84. The third kappa shape index (κ3) is 5.36. The molecule has 1 fully saturated rings. The van der Waals surface area contributed by atoms with Gasteiger partial charge in [-0.2, -0.15) is 0 Å². The molecule has 36 heavy (non-hydrogen) atoms. The van der Waals surface area contributed by atoms with E-state index in [0.717, 1.165) is 47.8 Å². The number of para-hydroxylation sites is 1. The van der Waals surface area contributed by atoms with Gasteiger partial charge in [0.05, 0.1) is 16.9 Å². The Kier molecular flexibility index (Phi) is 7.18. The van der Waals surface area contributed by atoms with Crippen LogP contribution >= 0.6 is 11.6 Å². The summed E-state index contributed by atoms with van der Waals surface area (Å²) in [4.78, 5) is 25.1. The van der Waals surface area contributed by atoms with Crippen LogP contribution in [0, 0.1) is 0 Å². The van der Waals surface area contributed by atoms with Gasteiger partial charge in [-0.05, 0) is 56.0 Å². The molecule has 0 bridgehead atoms. The van der Waals surface area contributed by atoms with Crippen molar-refractivity contribution in [3.8, 4) is 11.3 Å². The second-order valence-corrected chi connectivity index (χ2v) is 9.46. The van der Waals surface area contributed by atoms with Gasteiger partial charge in [-0.15, -0.1) is 6.58 Å². The van der Waals surface area contributed by atoms with Crippen molar-refractivity contribution < 1.29 is 4.79 Å². The Labute approximate surface area is 215 Å². The molecule has 0 aliphatic heterocycles. The Morgan fingerprint density at radius 3 is 2.61 bits per heavy atom. The summed E-state index contributed by atoms with van der Waals surface area (Å²) < 4.78 is 0. The molecular formula is C28H29ClN6O. The van der Waals surface area contributed by atoms with Crippen LogP contribution in [-0.4, -0.2) is 39.5 Å². The molecule has 0 spiro atoms. The molecule has 7 nitrogen and oxygen atoms in total. The monoisotopic (exact) mass is 500 g/mol. The molecule has 8 heteroatoms. The van der Waals surface area contributed by atoms with Gasteiger partial charge >= 0.3 is 0 Å². The fourth-order valence-corrected chi connectivity index (χ4v) is 4.85. The Morgan fingerprint density at radius 1 is 1.08 bits per heavy atom. The molecular weight excluding hydrogens is 472 g/mol. The normalized spacial score (nSPS) is 17.5. The SMILES string of the molecule is C=CCNc1ccc(C(=O)N[C@H]2CC[C@@H](Nc3ncc(Cl)c(-c4c[nH]c5ccccc45)n3)CC2)cc1. The number of anilines is 2. The third-order valence-electron chi connectivity index (χ3n) is 6.58. The molecule has 5 rings (SSSR count). The van der Waals surface area contributed by atoms with E-state index in [1.165, 1.54) is 0 Å². The Bertz CT molecular complexity index is 1360. The molecule has 2 aromatic carbocycles. The lowest BCUT2D eigenvalue weighted by molar-refractivity contribution is 0.0926. The van der Waals surface area contributed by atoms with Crippen LogP contribution in [0.3, 0.4) is 0 Å². The fourth-order valence-electron chi connectivity index (χ4n) is 4.66. The van der Waals surface area contributed by atoms with Crippen LogP contribution in [0.2, 0.25) is 5.02 Å². The lowest BCUT2D eigenvalue weighted by Crippen LogP contribution is -2.40. The molecule has 1 saturated carbocycles. The quantitative estimate of drug-likeness (QED) is 0.222. The first-order valence-electron chi connectivity index (χ1n) is 12.2. The lowest BCUT2D eigenvalue weighted by Gasteiger charge is -2.29. The van der Waals surface area contributed by atoms with Crippen LogP contribution in [0.4, 0.5) is 11.6 Å². The molecule has 0 saturated heterocycles. The summed E-state index contributed by atoms with van der Waals surface area (Å²) in [5, 5.41) is 11.4. The van der Waals surface area contributed by atoms with Crippen molar-refractivity contribution in [3.63, 3.8) is 0 Å². The Balaban J connectivity index is 1.17. The zero-order valence-electron chi connectivity index (χ0n) is 19.9. The van der Waals surface area contributed by atoms with E-state index < -0.39 is 0 Å². The predicted molar refractivity (Wildman–Crippen MR) is 147 cm³/mol. The van der Waals surface area contributed by atoms with Gasteiger partial charge in [-0.25, -0.2) is 9.97 Å². The van der Waals surface area contributed by atoms with Gasteiger partial charge in [0.25, 0.3) is 5.91 Å². The van der Waals surface area contributed by atoms with Gasteiger partial charge < -0.3 is 20.9 Å². The van der Waals surface area contributed by atoms with Crippen molar-refractivity contribution in [1.29, 1.82) is 0 Å². The molecule has 4 N–H and O–H groups in total. The standard InChI is InChI=1S/C28H29ClN6O/c1-2-15-30-19-9-7-18(8-10-19)27(36)33-20-11-13-21(14-12-20)34-28-32-17-24(29)26(35-28)23-16-31-25-6-4-3-5-22(23)25/h2-10,16-17,20-21,30-31H,1,11-15H2,(H,33,36)(H,32,34,35)/t20-,21+. The third-order valence-corrected chi connectivity index (χ3v) is 6.86. The molecule has 0 radical (unpaired) electrons. The molecule has 1 aliphatic rings. The average molecular weight is 501 g/mol. The maximum Gasteiger partial charge on any atom is 0.251 e. The van der Waals surface area contributed by atoms with Crippen LogP contribution in [-0.2, 0) is 0 Å². The number of aromatic amines is 1. The molecule has 184 valence electrons. The molecule has 2 heterocycles. The summed E-state index contributed by atoms with van der Waals surface area (Å²) >= 11 is 6.47. The van der Waals surface area contributed by atoms with E-state index >= 15 is 0 Å². The van der Waals surface area contributed by atoms with E-state index in [9.17, 15) is 4.79 Å². The first-order valence-corrected chi connectivity index (χ1v) is 12.6. The van der Waals surface area contributed by atoms with Gasteiger partial charge in [-0.3, -0.25) is 4.79 Å². The first-order chi connectivity index (χ1) is 17.6. The topological polar surface area (TPSA) is 94.7 Å². The van der Waals surface area contributed by atoms with Crippen LogP contribution < -0.4 is 16.0 Å². The number of H-pyrrole nitrogens is 1.